The molecule has 1 heterocycles. The molecule has 1 aromatic rings. The Bertz CT molecular complexity index is 708. The van der Waals surface area contributed by atoms with Crippen LogP contribution >= 0.6 is 0 Å². The molecule has 1 radical (unpaired) electrons. The summed E-state index contributed by atoms with van der Waals surface area (Å²) in [6.07, 6.45) is 0. The van der Waals surface area contributed by atoms with Gasteiger partial charge in [-0.15, -0.1) is 0 Å². The van der Waals surface area contributed by atoms with Crippen LogP contribution in [0.5, 0.6) is 0 Å². The number of hydrogen-bond acceptors (Lipinski definition) is 6. The highest BCUT2D eigenvalue weighted by Gasteiger charge is 2.60. The lowest BCUT2D eigenvalue weighted by molar-refractivity contribution is -0.539. The Morgan fingerprint density at radius 1 is 1.00 bits per heavy atom. The molecule has 0 spiro atoms. The SMILES string of the molecule is CC1(C)N([O])C(c2cc([N+](=O)[O-])cc([N+](=O)[O-])c2)=[N+]([O-])C1(C)C. The Morgan fingerprint density at radius 3 is 1.74 bits per heavy atom. The van der Waals surface area contributed by atoms with Crippen LogP contribution in [0.15, 0.2) is 18.2 Å². The number of nitro groups is 2. The second-order valence-electron chi connectivity index (χ2n) is 6.28. The summed E-state index contributed by atoms with van der Waals surface area (Å²) in [7, 11) is 0. The Morgan fingerprint density at radius 2 is 1.43 bits per heavy atom. The van der Waals surface area contributed by atoms with Crippen molar-refractivity contribution in [3.05, 3.63) is 49.2 Å². The summed E-state index contributed by atoms with van der Waals surface area (Å²) in [5.74, 6) is -0.383. The van der Waals surface area contributed by atoms with Crippen molar-refractivity contribution in [2.24, 2.45) is 0 Å². The molecule has 1 aliphatic heterocycles. The van der Waals surface area contributed by atoms with Crippen LogP contribution < -0.4 is 0 Å². The minimum absolute atomic E-state index is 0.158. The number of non-ortho nitro benzene ring substituents is 2. The molecule has 0 aromatic heterocycles. The Labute approximate surface area is 131 Å². The zero-order valence-electron chi connectivity index (χ0n) is 13.0. The van der Waals surface area contributed by atoms with Crippen molar-refractivity contribution in [3.63, 3.8) is 0 Å². The topological polar surface area (TPSA) is 135 Å². The van der Waals surface area contributed by atoms with Crippen LogP contribution in [0.2, 0.25) is 0 Å². The summed E-state index contributed by atoms with van der Waals surface area (Å²) >= 11 is 0. The maximum atomic E-state index is 12.5. The van der Waals surface area contributed by atoms with Crippen molar-refractivity contribution >= 4 is 17.2 Å². The molecule has 0 unspecified atom stereocenters. The van der Waals surface area contributed by atoms with Gasteiger partial charge < -0.3 is 5.21 Å². The molecule has 0 bridgehead atoms. The Balaban J connectivity index is 2.73. The van der Waals surface area contributed by atoms with Gasteiger partial charge in [-0.05, 0) is 27.7 Å². The lowest BCUT2D eigenvalue weighted by Crippen LogP contribution is -2.53. The average Bonchev–Trinajstić information content (AvgIpc) is 2.56. The van der Waals surface area contributed by atoms with Crippen LogP contribution in [0.4, 0.5) is 11.4 Å². The molecule has 0 fully saturated rings. The number of nitrogens with zero attached hydrogens (tertiary/aromatic N) is 4. The first-order valence-corrected chi connectivity index (χ1v) is 6.67. The molecule has 0 N–H and O–H groups in total. The molecule has 1 aromatic carbocycles. The quantitative estimate of drug-likeness (QED) is 0.361. The van der Waals surface area contributed by atoms with E-state index < -0.39 is 32.3 Å². The molecule has 0 saturated heterocycles. The first-order valence-electron chi connectivity index (χ1n) is 6.67. The van der Waals surface area contributed by atoms with Gasteiger partial charge in [0.2, 0.25) is 0 Å². The standard InChI is InChI=1S/C13H15N4O6/c1-12(2)13(3,4)15(19)11(14(12)18)8-5-9(16(20)21)7-10(6-8)17(22)23/h5-7H,1-4H3. The van der Waals surface area contributed by atoms with Gasteiger partial charge in [-0.2, -0.15) is 0 Å². The zero-order chi connectivity index (χ0) is 17.7. The Kier molecular flexibility index (Phi) is 3.53. The van der Waals surface area contributed by atoms with E-state index in [1.165, 1.54) is 0 Å². The third kappa shape index (κ3) is 2.27. The second kappa shape index (κ2) is 4.88. The normalized spacial score (nSPS) is 19.1. The number of benzene rings is 1. The van der Waals surface area contributed by atoms with E-state index in [0.29, 0.717) is 9.80 Å². The van der Waals surface area contributed by atoms with Crippen LogP contribution in [-0.4, -0.2) is 36.6 Å². The highest BCUT2D eigenvalue weighted by atomic mass is 16.6. The van der Waals surface area contributed by atoms with Gasteiger partial charge in [-0.1, -0.05) is 5.06 Å². The van der Waals surface area contributed by atoms with Crippen molar-refractivity contribution in [1.82, 2.24) is 5.06 Å². The number of hydroxylamine groups is 3. The van der Waals surface area contributed by atoms with Crippen LogP contribution in [0.3, 0.4) is 0 Å². The fourth-order valence-electron chi connectivity index (χ4n) is 2.28. The van der Waals surface area contributed by atoms with Gasteiger partial charge in [-0.3, -0.25) is 25.0 Å². The molecular formula is C13H15N4O6. The first-order chi connectivity index (χ1) is 10.4. The minimum atomic E-state index is -1.12. The number of amidine groups is 1. The van der Waals surface area contributed by atoms with Crippen molar-refractivity contribution < 1.29 is 19.8 Å². The first kappa shape index (κ1) is 16.6. The summed E-state index contributed by atoms with van der Waals surface area (Å²) in [5, 5.41) is 47.4. The Hall–Kier alpha value is -2.75. The summed E-state index contributed by atoms with van der Waals surface area (Å²) in [4.78, 5) is 20.3. The summed E-state index contributed by atoms with van der Waals surface area (Å²) < 4.78 is 0.447. The molecule has 0 atom stereocenters. The highest BCUT2D eigenvalue weighted by molar-refractivity contribution is 5.97. The number of hydrogen-bond donors (Lipinski definition) is 0. The lowest BCUT2D eigenvalue weighted by atomic mass is 9.84. The van der Waals surface area contributed by atoms with Gasteiger partial charge in [0, 0.05) is 17.3 Å². The largest absolute Gasteiger partial charge is 0.714 e. The van der Waals surface area contributed by atoms with Gasteiger partial charge >= 0.3 is 5.84 Å². The molecule has 0 amide bonds. The smallest absolute Gasteiger partial charge is 0.317 e. The van der Waals surface area contributed by atoms with E-state index in [0.717, 1.165) is 18.2 Å². The van der Waals surface area contributed by atoms with Crippen molar-refractivity contribution in [2.75, 3.05) is 0 Å². The van der Waals surface area contributed by atoms with Crippen molar-refractivity contribution in [1.29, 1.82) is 0 Å². The van der Waals surface area contributed by atoms with Crippen LogP contribution in [-0.2, 0) is 5.21 Å². The molecule has 23 heavy (non-hydrogen) atoms. The molecular weight excluding hydrogens is 308 g/mol. The molecule has 0 saturated carbocycles. The summed E-state index contributed by atoms with van der Waals surface area (Å²) in [6.45, 7) is 6.24. The van der Waals surface area contributed by atoms with Crippen LogP contribution in [0.25, 0.3) is 0 Å². The van der Waals surface area contributed by atoms with Gasteiger partial charge in [0.15, 0.2) is 5.54 Å². The third-order valence-corrected chi connectivity index (χ3v) is 4.48. The van der Waals surface area contributed by atoms with Crippen molar-refractivity contribution in [2.45, 2.75) is 38.8 Å². The van der Waals surface area contributed by atoms with Crippen LogP contribution in [0.1, 0.15) is 33.3 Å². The maximum Gasteiger partial charge on any atom is 0.317 e. The van der Waals surface area contributed by atoms with E-state index in [4.69, 9.17) is 0 Å². The average molecular weight is 323 g/mol. The zero-order valence-corrected chi connectivity index (χ0v) is 13.0. The van der Waals surface area contributed by atoms with Crippen LogP contribution in [0, 0.1) is 25.4 Å². The maximum absolute atomic E-state index is 12.5. The van der Waals surface area contributed by atoms with E-state index in [-0.39, 0.29) is 11.4 Å². The van der Waals surface area contributed by atoms with E-state index in [1.54, 1.807) is 27.7 Å². The predicted molar refractivity (Wildman–Crippen MR) is 78.2 cm³/mol. The van der Waals surface area contributed by atoms with E-state index >= 15 is 0 Å². The molecule has 0 aliphatic carbocycles. The third-order valence-electron chi connectivity index (χ3n) is 4.48. The number of nitro benzene ring substituents is 2. The monoisotopic (exact) mass is 323 g/mol. The fourth-order valence-corrected chi connectivity index (χ4v) is 2.28. The van der Waals surface area contributed by atoms with Gasteiger partial charge in [0.1, 0.15) is 5.54 Å². The van der Waals surface area contributed by atoms with E-state index in [1.807, 2.05) is 0 Å². The molecule has 10 heteroatoms. The number of rotatable bonds is 3. The lowest BCUT2D eigenvalue weighted by Gasteiger charge is -2.32. The fraction of sp³-hybridized carbons (Fsp3) is 0.462. The highest BCUT2D eigenvalue weighted by Crippen LogP contribution is 2.38. The predicted octanol–water partition coefficient (Wildman–Crippen LogP) is 1.98. The molecule has 1 aliphatic rings. The molecule has 10 nitrogen and oxygen atoms in total. The minimum Gasteiger partial charge on any atom is -0.714 e. The summed E-state index contributed by atoms with van der Waals surface area (Å²) in [5.41, 5.74) is -3.53. The van der Waals surface area contributed by atoms with E-state index in [2.05, 4.69) is 0 Å². The van der Waals surface area contributed by atoms with Gasteiger partial charge in [-0.25, -0.2) is 0 Å². The van der Waals surface area contributed by atoms with Crippen molar-refractivity contribution in [3.8, 4) is 0 Å². The molecule has 2 rings (SSSR count). The van der Waals surface area contributed by atoms with Gasteiger partial charge in [0.25, 0.3) is 11.4 Å². The molecule has 123 valence electrons. The summed E-state index contributed by atoms with van der Waals surface area (Å²) in [6, 6.07) is 2.74. The second-order valence-corrected chi connectivity index (χ2v) is 6.28. The van der Waals surface area contributed by atoms with E-state index in [9.17, 15) is 30.6 Å². The van der Waals surface area contributed by atoms with Gasteiger partial charge in [0.05, 0.1) is 21.5 Å².